The second-order valence-electron chi connectivity index (χ2n) is 14.6. The fourth-order valence-electron chi connectivity index (χ4n) is 9.14. The number of nitrogens with zero attached hydrogens (tertiary/aromatic N) is 2. The fraction of sp³-hybridized carbons (Fsp3) is 0.0612. The summed E-state index contributed by atoms with van der Waals surface area (Å²) in [5, 5.41) is 8.39. The summed E-state index contributed by atoms with van der Waals surface area (Å²) in [6.45, 7) is 2.31. The maximum absolute atomic E-state index is 6.78. The molecule has 0 N–H and O–H groups in total. The summed E-state index contributed by atoms with van der Waals surface area (Å²) in [4.78, 5) is 0. The van der Waals surface area contributed by atoms with Crippen LogP contribution >= 0.6 is 0 Å². The molecule has 11 aromatic rings. The molecule has 0 amide bonds. The number of hydrogen-bond donors (Lipinski definition) is 0. The maximum Gasteiger partial charge on any atom is 0.159 e. The summed E-state index contributed by atoms with van der Waals surface area (Å²) in [5.41, 5.74) is 13.2. The molecule has 0 aliphatic heterocycles. The van der Waals surface area contributed by atoms with Crippen LogP contribution < -0.4 is 0 Å². The highest BCUT2D eigenvalue weighted by atomic mass is 16.3. The van der Waals surface area contributed by atoms with Crippen molar-refractivity contribution in [1.29, 1.82) is 0 Å². The normalized spacial score (nSPS) is 14.7. The van der Waals surface area contributed by atoms with E-state index in [4.69, 9.17) is 8.83 Å². The van der Waals surface area contributed by atoms with E-state index in [1.165, 1.54) is 54.6 Å². The molecular formula is C49H32N2O2. The Hall–Kier alpha value is -6.78. The zero-order valence-corrected chi connectivity index (χ0v) is 29.0. The quantitative estimate of drug-likeness (QED) is 0.186. The summed E-state index contributed by atoms with van der Waals surface area (Å²) >= 11 is 0. The van der Waals surface area contributed by atoms with Crippen LogP contribution in [-0.2, 0) is 6.42 Å². The molecular weight excluding hydrogens is 649 g/mol. The van der Waals surface area contributed by atoms with Gasteiger partial charge in [0.25, 0.3) is 0 Å². The number of allylic oxidation sites excluding steroid dienone is 1. The Kier molecular flexibility index (Phi) is 5.79. The lowest BCUT2D eigenvalue weighted by Crippen LogP contribution is -2.10. The Morgan fingerprint density at radius 1 is 0.472 bits per heavy atom. The molecule has 0 fully saturated rings. The van der Waals surface area contributed by atoms with Crippen molar-refractivity contribution >= 4 is 82.2 Å². The molecule has 1 atom stereocenters. The van der Waals surface area contributed by atoms with Gasteiger partial charge in [0.05, 0.1) is 33.5 Å². The monoisotopic (exact) mass is 680 g/mol. The summed E-state index contributed by atoms with van der Waals surface area (Å²) in [7, 11) is 0. The molecule has 53 heavy (non-hydrogen) atoms. The molecule has 4 nitrogen and oxygen atoms in total. The average molecular weight is 681 g/mol. The molecule has 4 heterocycles. The first-order valence-corrected chi connectivity index (χ1v) is 18.4. The van der Waals surface area contributed by atoms with Crippen LogP contribution in [0, 0.1) is 5.92 Å². The van der Waals surface area contributed by atoms with Crippen LogP contribution in [-0.4, -0.2) is 9.13 Å². The van der Waals surface area contributed by atoms with Crippen molar-refractivity contribution in [3.05, 3.63) is 169 Å². The van der Waals surface area contributed by atoms with Crippen molar-refractivity contribution in [1.82, 2.24) is 9.13 Å². The van der Waals surface area contributed by atoms with E-state index in [1.807, 2.05) is 0 Å². The molecule has 0 saturated heterocycles. The first-order valence-electron chi connectivity index (χ1n) is 18.4. The van der Waals surface area contributed by atoms with E-state index in [2.05, 4.69) is 174 Å². The molecule has 4 aromatic heterocycles. The zero-order valence-electron chi connectivity index (χ0n) is 29.0. The number of benzene rings is 7. The lowest BCUT2D eigenvalue weighted by Gasteiger charge is -2.20. The van der Waals surface area contributed by atoms with E-state index in [9.17, 15) is 0 Å². The predicted octanol–water partition coefficient (Wildman–Crippen LogP) is 13.3. The SMILES string of the molecule is CC1C=C(n2c3ccccc3c3ccccc32)c2oc3ccc(-c4ccc5oc6c(-n7c8ccccc8c8ccccc87)cccc6c5c4)cc3c2C1. The molecule has 0 saturated carbocycles. The Labute approximate surface area is 304 Å². The summed E-state index contributed by atoms with van der Waals surface area (Å²) < 4.78 is 18.2. The van der Waals surface area contributed by atoms with Gasteiger partial charge in [-0.3, -0.25) is 0 Å². The summed E-state index contributed by atoms with van der Waals surface area (Å²) in [6.07, 6.45) is 3.32. The lowest BCUT2D eigenvalue weighted by atomic mass is 9.90. The topological polar surface area (TPSA) is 36.1 Å². The molecule has 12 rings (SSSR count). The first-order chi connectivity index (χ1) is 26.2. The Morgan fingerprint density at radius 2 is 0.981 bits per heavy atom. The first kappa shape index (κ1) is 28.9. The van der Waals surface area contributed by atoms with E-state index in [0.29, 0.717) is 5.92 Å². The van der Waals surface area contributed by atoms with Gasteiger partial charge in [0, 0.05) is 43.3 Å². The van der Waals surface area contributed by atoms with Gasteiger partial charge in [0.2, 0.25) is 0 Å². The number of rotatable bonds is 3. The minimum Gasteiger partial charge on any atom is -0.454 e. The molecule has 7 aromatic carbocycles. The number of aromatic nitrogens is 2. The van der Waals surface area contributed by atoms with Gasteiger partial charge in [0.15, 0.2) is 11.3 Å². The van der Waals surface area contributed by atoms with Gasteiger partial charge in [-0.05, 0) is 78.1 Å². The third-order valence-electron chi connectivity index (χ3n) is 11.4. The van der Waals surface area contributed by atoms with Crippen LogP contribution in [0.4, 0.5) is 0 Å². The Balaban J connectivity index is 1.01. The highest BCUT2D eigenvalue weighted by Crippen LogP contribution is 2.44. The van der Waals surface area contributed by atoms with Gasteiger partial charge in [0.1, 0.15) is 11.2 Å². The van der Waals surface area contributed by atoms with Gasteiger partial charge in [-0.2, -0.15) is 0 Å². The van der Waals surface area contributed by atoms with Crippen LogP contribution in [0.15, 0.2) is 167 Å². The van der Waals surface area contributed by atoms with E-state index in [0.717, 1.165) is 62.2 Å². The van der Waals surface area contributed by atoms with E-state index >= 15 is 0 Å². The third-order valence-corrected chi connectivity index (χ3v) is 11.4. The number of hydrogen-bond acceptors (Lipinski definition) is 2. The average Bonchev–Trinajstić information content (AvgIpc) is 3.95. The summed E-state index contributed by atoms with van der Waals surface area (Å²) in [6, 6.07) is 54.4. The molecule has 0 radical (unpaired) electrons. The van der Waals surface area contributed by atoms with Crippen molar-refractivity contribution in [3.63, 3.8) is 0 Å². The highest BCUT2D eigenvalue weighted by molar-refractivity contribution is 6.14. The van der Waals surface area contributed by atoms with Crippen LogP contribution in [0.25, 0.3) is 99.0 Å². The van der Waals surface area contributed by atoms with E-state index in [-0.39, 0.29) is 0 Å². The minimum atomic E-state index is 0.360. The number of para-hydroxylation sites is 5. The molecule has 0 bridgehead atoms. The third kappa shape index (κ3) is 4.01. The van der Waals surface area contributed by atoms with Gasteiger partial charge in [-0.1, -0.05) is 110 Å². The second kappa shape index (κ2) is 10.6. The molecule has 1 aliphatic rings. The van der Waals surface area contributed by atoms with E-state index < -0.39 is 0 Å². The standard InChI is InChI=1S/C49H32N2O2/c1-29-25-39-38-28-31(22-24-47(38)53-49(39)45(26-29)51-42-18-8-4-13-34(42)35-14-5-9-19-43(35)51)30-21-23-46-37(27-30)36-15-10-20-44(48(36)52-46)50-40-16-6-2-11-32(40)33-12-3-7-17-41(33)50/h2-24,26-29H,25H2,1H3. The maximum atomic E-state index is 6.78. The van der Waals surface area contributed by atoms with Gasteiger partial charge >= 0.3 is 0 Å². The largest absolute Gasteiger partial charge is 0.454 e. The van der Waals surface area contributed by atoms with Crippen molar-refractivity contribution in [2.24, 2.45) is 5.92 Å². The Bertz CT molecular complexity index is 3240. The van der Waals surface area contributed by atoms with Crippen LogP contribution in [0.5, 0.6) is 0 Å². The second-order valence-corrected chi connectivity index (χ2v) is 14.6. The van der Waals surface area contributed by atoms with Crippen molar-refractivity contribution in [2.45, 2.75) is 13.3 Å². The predicted molar refractivity (Wildman–Crippen MR) is 219 cm³/mol. The molecule has 0 spiro atoms. The van der Waals surface area contributed by atoms with Crippen LogP contribution in [0.1, 0.15) is 18.2 Å². The zero-order chi connectivity index (χ0) is 34.8. The minimum absolute atomic E-state index is 0.360. The molecule has 1 unspecified atom stereocenters. The fourth-order valence-corrected chi connectivity index (χ4v) is 9.14. The summed E-state index contributed by atoms with van der Waals surface area (Å²) in [5.74, 6) is 1.33. The van der Waals surface area contributed by atoms with Crippen molar-refractivity contribution in [3.8, 4) is 16.8 Å². The van der Waals surface area contributed by atoms with E-state index in [1.54, 1.807) is 0 Å². The molecule has 4 heteroatoms. The van der Waals surface area contributed by atoms with Crippen LogP contribution in [0.3, 0.4) is 0 Å². The molecule has 1 aliphatic carbocycles. The van der Waals surface area contributed by atoms with Crippen molar-refractivity contribution < 1.29 is 8.83 Å². The number of fused-ring (bicyclic) bond motifs is 12. The lowest BCUT2D eigenvalue weighted by molar-refractivity contribution is 0.572. The smallest absolute Gasteiger partial charge is 0.159 e. The number of furan rings is 2. The van der Waals surface area contributed by atoms with Gasteiger partial charge in [-0.15, -0.1) is 0 Å². The Morgan fingerprint density at radius 3 is 1.58 bits per heavy atom. The van der Waals surface area contributed by atoms with Crippen molar-refractivity contribution in [2.75, 3.05) is 0 Å². The van der Waals surface area contributed by atoms with Gasteiger partial charge in [-0.25, -0.2) is 0 Å². The van der Waals surface area contributed by atoms with Crippen LogP contribution in [0.2, 0.25) is 0 Å². The van der Waals surface area contributed by atoms with Gasteiger partial charge < -0.3 is 18.0 Å². The molecule has 250 valence electrons. The highest BCUT2D eigenvalue weighted by Gasteiger charge is 2.28.